The van der Waals surface area contributed by atoms with Crippen LogP contribution in [0, 0.1) is 111 Å². The van der Waals surface area contributed by atoms with E-state index in [2.05, 4.69) is 15.3 Å². The normalized spacial score (nSPS) is 11.9. The molecule has 328 valence electrons. The van der Waals surface area contributed by atoms with Crippen molar-refractivity contribution in [3.05, 3.63) is 158 Å². The van der Waals surface area contributed by atoms with Crippen molar-refractivity contribution in [1.29, 1.82) is 0 Å². The summed E-state index contributed by atoms with van der Waals surface area (Å²) in [7, 11) is -4.13. The first kappa shape index (κ1) is 45.4. The van der Waals surface area contributed by atoms with E-state index in [0.29, 0.717) is 47.2 Å². The second kappa shape index (κ2) is 16.1. The molecule has 0 radical (unpaired) electrons. The van der Waals surface area contributed by atoms with Crippen molar-refractivity contribution in [1.82, 2.24) is 29.1 Å². The van der Waals surface area contributed by atoms with Crippen LogP contribution >= 0.6 is 0 Å². The van der Waals surface area contributed by atoms with Gasteiger partial charge < -0.3 is 13.8 Å². The maximum atomic E-state index is 16.7. The van der Waals surface area contributed by atoms with Gasteiger partial charge in [-0.3, -0.25) is 0 Å². The van der Waals surface area contributed by atoms with Crippen LogP contribution in [0.4, 0.5) is 52.7 Å². The average Bonchev–Trinajstić information content (AvgIpc) is 3.95. The second-order valence-corrected chi connectivity index (χ2v) is 16.0. The predicted octanol–water partition coefficient (Wildman–Crippen LogP) is 11.5. The van der Waals surface area contributed by atoms with Gasteiger partial charge in [-0.2, -0.15) is 0 Å². The Morgan fingerprint density at radius 2 is 0.508 bits per heavy atom. The fourth-order valence-corrected chi connectivity index (χ4v) is 8.83. The van der Waals surface area contributed by atoms with Crippen molar-refractivity contribution in [3.63, 3.8) is 0 Å². The number of hydrogen-bond acceptors (Lipinski definition) is 3. The van der Waals surface area contributed by atoms with E-state index in [4.69, 9.17) is 0 Å². The predicted molar refractivity (Wildman–Crippen MR) is 223 cm³/mol. The summed E-state index contributed by atoms with van der Waals surface area (Å²) in [5.41, 5.74) is -2.88. The number of rotatable bonds is 6. The second-order valence-electron chi connectivity index (χ2n) is 16.0. The minimum absolute atomic E-state index is 0. The van der Waals surface area contributed by atoms with Crippen molar-refractivity contribution in [2.75, 3.05) is 0 Å². The van der Waals surface area contributed by atoms with Crippen molar-refractivity contribution in [2.45, 2.75) is 41.5 Å². The van der Waals surface area contributed by atoms with Crippen LogP contribution in [0.2, 0.25) is 0 Å². The summed E-state index contributed by atoms with van der Waals surface area (Å²) < 4.78 is 193. The molecule has 0 unspecified atom stereocenters. The van der Waals surface area contributed by atoms with Crippen LogP contribution < -0.4 is 0 Å². The van der Waals surface area contributed by atoms with Gasteiger partial charge in [0.25, 0.3) is 0 Å². The zero-order valence-corrected chi connectivity index (χ0v) is 39.2. The van der Waals surface area contributed by atoms with Crippen LogP contribution in [0.1, 0.15) is 33.4 Å². The third-order valence-electron chi connectivity index (χ3n) is 11.2. The zero-order valence-electron chi connectivity index (χ0n) is 34.7. The van der Waals surface area contributed by atoms with Crippen molar-refractivity contribution in [2.24, 2.45) is 0 Å². The number of fused-ring (bicyclic) bond motifs is 3. The Labute approximate surface area is 380 Å². The molecule has 20 heteroatoms. The summed E-state index contributed by atoms with van der Waals surface area (Å²) >= 11 is 0. The molecule has 3 aromatic heterocycles. The number of hydrogen-bond donors (Lipinski definition) is 0. The van der Waals surface area contributed by atoms with Crippen LogP contribution in [0.25, 0.3) is 66.5 Å². The molecule has 65 heavy (non-hydrogen) atoms. The first-order valence-corrected chi connectivity index (χ1v) is 19.4. The van der Waals surface area contributed by atoms with Gasteiger partial charge in [0.2, 0.25) is 0 Å². The molecular weight excluding hydrogens is 1070 g/mol. The topological polar surface area (TPSA) is 53.5 Å². The molecule has 0 saturated carbocycles. The fraction of sp³-hybridized carbons (Fsp3) is 0.133. The SMILES string of the molecule is Cc1cc(C)cc(-c2nn([BH-](n3nc(-c4cc(C)cc(C)c4)c4c(F)c(F)c(F)c(F)c43)n3nc(-c4cc(C)cc(C)c4)c4c(F)c(F)c(F)c(F)c43)c3c(F)c(F)c(F)c(F)c23)c1.[Tl+]. The van der Waals surface area contributed by atoms with E-state index in [1.807, 2.05) is 0 Å². The Balaban J connectivity index is 0.00000576. The Hall–Kier alpha value is -6.12. The van der Waals surface area contributed by atoms with E-state index in [9.17, 15) is 0 Å². The summed E-state index contributed by atoms with van der Waals surface area (Å²) in [4.78, 5) is 0. The molecule has 0 fully saturated rings. The molecule has 0 aliphatic rings. The molecule has 0 saturated heterocycles. The van der Waals surface area contributed by atoms with Gasteiger partial charge in [-0.15, -0.1) is 0 Å². The Morgan fingerprint density at radius 1 is 0.308 bits per heavy atom. The molecular formula is C45H28BF12N6Tl. The number of nitrogens with zero attached hydrogens (tertiary/aromatic N) is 6. The van der Waals surface area contributed by atoms with E-state index in [0.717, 1.165) is 0 Å². The zero-order chi connectivity index (χ0) is 46.1. The molecule has 0 bridgehead atoms. The monoisotopic (exact) mass is 1100 g/mol. The van der Waals surface area contributed by atoms with Crippen LogP contribution in [-0.4, -0.2) is 63.5 Å². The van der Waals surface area contributed by atoms with E-state index < -0.39 is 127 Å². The van der Waals surface area contributed by atoms with Gasteiger partial charge in [-0.25, -0.2) is 68.0 Å². The van der Waals surface area contributed by atoms with Crippen LogP contribution in [0.3, 0.4) is 0 Å². The summed E-state index contributed by atoms with van der Waals surface area (Å²) in [6.45, 7) is 9.62. The van der Waals surface area contributed by atoms with Crippen molar-refractivity contribution in [3.8, 4) is 33.8 Å². The average molecular weight is 1100 g/mol. The molecule has 0 N–H and O–H groups in total. The first-order chi connectivity index (χ1) is 30.2. The number of benzene rings is 6. The summed E-state index contributed by atoms with van der Waals surface area (Å²) in [6, 6.07) is 13.4. The number of halogens is 12. The van der Waals surface area contributed by atoms with Gasteiger partial charge in [0.1, 0.15) is 0 Å². The minimum Gasteiger partial charge on any atom is -0.393 e. The van der Waals surface area contributed by atoms with Crippen LogP contribution in [-0.2, 0) is 0 Å². The smallest absolute Gasteiger partial charge is 0.393 e. The maximum absolute atomic E-state index is 16.7. The van der Waals surface area contributed by atoms with E-state index >= 15 is 52.7 Å². The van der Waals surface area contributed by atoms with Crippen molar-refractivity contribution >= 4 is 67.1 Å². The number of aromatic nitrogens is 6. The molecule has 0 spiro atoms. The molecule has 0 atom stereocenters. The van der Waals surface area contributed by atoms with Gasteiger partial charge in [-0.05, 0) is 77.9 Å². The van der Waals surface area contributed by atoms with E-state index in [1.54, 1.807) is 59.7 Å². The fourth-order valence-electron chi connectivity index (χ4n) is 8.83. The molecule has 6 aromatic carbocycles. The first-order valence-electron chi connectivity index (χ1n) is 19.4. The molecule has 0 amide bonds. The van der Waals surface area contributed by atoms with Gasteiger partial charge in [0.15, 0.2) is 69.8 Å². The minimum atomic E-state index is -4.13. The van der Waals surface area contributed by atoms with Gasteiger partial charge in [0, 0.05) is 16.7 Å². The third-order valence-corrected chi connectivity index (χ3v) is 11.2. The molecule has 9 rings (SSSR count). The van der Waals surface area contributed by atoms with Gasteiger partial charge in [0.05, 0.1) is 49.8 Å². The quantitative estimate of drug-likeness (QED) is 0.0722. The summed E-state index contributed by atoms with van der Waals surface area (Å²) in [5, 5.41) is 9.90. The standard InChI is InChI=1S/C45H28BF12N6.Tl/c1-16-7-17(2)11-22(10-16)40-25-28(47)31(50)34(53)37(56)43(25)62(59-40)46(63-44-26(29(48)32(51)35(54)38(44)57)41(60-63)23-12-18(3)8-19(4)13-23)64-45-27(30(49)33(52)36(55)39(45)58)42(61-64)24-14-20(5)9-21(6)15-24;/h7-15,46H,1-6H3;/q-1;+1. The molecule has 6 nitrogen and oxygen atoms in total. The summed E-state index contributed by atoms with van der Waals surface area (Å²) in [6.07, 6.45) is 0. The molecule has 3 heterocycles. The molecule has 9 aromatic rings. The Bertz CT molecular complexity index is 3100. The van der Waals surface area contributed by atoms with Crippen LogP contribution in [0.5, 0.6) is 0 Å². The molecule has 0 aliphatic heterocycles. The van der Waals surface area contributed by atoms with Gasteiger partial charge in [-0.1, -0.05) is 51.6 Å². The van der Waals surface area contributed by atoms with E-state index in [-0.39, 0.29) is 44.0 Å². The largest absolute Gasteiger partial charge is 1.00 e. The maximum Gasteiger partial charge on any atom is 1.00 e. The third kappa shape index (κ3) is 6.90. The summed E-state index contributed by atoms with van der Waals surface area (Å²) in [5.74, 6) is -26.6. The van der Waals surface area contributed by atoms with Crippen LogP contribution in [0.15, 0.2) is 54.6 Å². The van der Waals surface area contributed by atoms with E-state index in [1.165, 1.54) is 36.4 Å². The van der Waals surface area contributed by atoms with Crippen molar-refractivity contribution < 1.29 is 52.7 Å². The number of aryl methyl sites for hydroxylation is 6. The Morgan fingerprint density at radius 3 is 0.723 bits per heavy atom. The van der Waals surface area contributed by atoms with Gasteiger partial charge >= 0.3 is 34.4 Å². The molecule has 0 aliphatic carbocycles. The Kier molecular flexibility index (Phi) is 11.2.